The first kappa shape index (κ1) is 13.8. The Morgan fingerprint density at radius 3 is 2.88 bits per heavy atom. The van der Waals surface area contributed by atoms with Gasteiger partial charge in [-0.2, -0.15) is 0 Å². The zero-order chi connectivity index (χ0) is 12.7. The van der Waals surface area contributed by atoms with Gasteiger partial charge in [-0.1, -0.05) is 11.6 Å². The van der Waals surface area contributed by atoms with E-state index in [4.69, 9.17) is 16.3 Å². The second kappa shape index (κ2) is 7.14. The maximum atomic E-state index is 11.1. The molecule has 0 aromatic heterocycles. The van der Waals surface area contributed by atoms with Gasteiger partial charge in [-0.05, 0) is 37.1 Å². The van der Waals surface area contributed by atoms with Gasteiger partial charge in [0.15, 0.2) is 0 Å². The van der Waals surface area contributed by atoms with Crippen LogP contribution in [-0.2, 0) is 4.79 Å². The van der Waals surface area contributed by atoms with Crippen LogP contribution in [-0.4, -0.2) is 19.6 Å². The number of ether oxygens (including phenoxy) is 1. The van der Waals surface area contributed by atoms with Gasteiger partial charge >= 0.3 is 0 Å². The Kier molecular flexibility index (Phi) is 5.80. The first-order valence-electron chi connectivity index (χ1n) is 5.48. The fourth-order valence-corrected chi connectivity index (χ4v) is 1.45. The number of hydrogen-bond donors (Lipinski definition) is 2. The summed E-state index contributed by atoms with van der Waals surface area (Å²) in [6.45, 7) is 2.44. The molecule has 0 spiro atoms. The van der Waals surface area contributed by atoms with Crippen molar-refractivity contribution in [3.63, 3.8) is 0 Å². The molecule has 94 valence electrons. The van der Waals surface area contributed by atoms with E-state index in [0.29, 0.717) is 19.4 Å². The number of nitrogens with one attached hydrogen (secondary N) is 2. The molecule has 2 N–H and O–H groups in total. The number of carbonyl (C=O) groups is 1. The number of halogens is 1. The van der Waals surface area contributed by atoms with Gasteiger partial charge in [0.25, 0.3) is 0 Å². The van der Waals surface area contributed by atoms with Gasteiger partial charge in [0.05, 0.1) is 6.61 Å². The summed E-state index contributed by atoms with van der Waals surface area (Å²) in [4.78, 5) is 11.1. The number of hydrazine groups is 1. The molecule has 0 aliphatic carbocycles. The van der Waals surface area contributed by atoms with Crippen molar-refractivity contribution >= 4 is 17.5 Å². The molecule has 5 heteroatoms. The maximum Gasteiger partial charge on any atom is 0.234 e. The molecule has 0 saturated heterocycles. The number of amides is 1. The molecule has 1 amide bonds. The van der Waals surface area contributed by atoms with Crippen molar-refractivity contribution in [1.29, 1.82) is 0 Å². The van der Waals surface area contributed by atoms with Gasteiger partial charge in [0.1, 0.15) is 5.75 Å². The van der Waals surface area contributed by atoms with E-state index in [9.17, 15) is 4.79 Å². The van der Waals surface area contributed by atoms with E-state index in [1.54, 1.807) is 13.1 Å². The highest BCUT2D eigenvalue weighted by atomic mass is 35.5. The lowest BCUT2D eigenvalue weighted by Gasteiger charge is -2.07. The molecule has 0 fully saturated rings. The summed E-state index contributed by atoms with van der Waals surface area (Å²) in [5, 5.41) is 0.728. The van der Waals surface area contributed by atoms with Gasteiger partial charge in [-0.15, -0.1) is 0 Å². The van der Waals surface area contributed by atoms with E-state index in [1.165, 1.54) is 0 Å². The Balaban J connectivity index is 2.26. The van der Waals surface area contributed by atoms with E-state index in [0.717, 1.165) is 16.3 Å². The minimum Gasteiger partial charge on any atom is -0.494 e. The van der Waals surface area contributed by atoms with Crippen molar-refractivity contribution in [1.82, 2.24) is 10.9 Å². The van der Waals surface area contributed by atoms with Crippen molar-refractivity contribution in [3.05, 3.63) is 28.8 Å². The SMILES string of the molecule is CNNC(=O)CCCOc1ccc(Cl)c(C)c1. The fraction of sp³-hybridized carbons (Fsp3) is 0.417. The molecule has 0 heterocycles. The van der Waals surface area contributed by atoms with Crippen LogP contribution < -0.4 is 15.6 Å². The van der Waals surface area contributed by atoms with Crippen LogP contribution in [0.1, 0.15) is 18.4 Å². The molecule has 1 aromatic carbocycles. The predicted molar refractivity (Wildman–Crippen MR) is 68.1 cm³/mol. The molecule has 0 saturated carbocycles. The highest BCUT2D eigenvalue weighted by molar-refractivity contribution is 6.31. The Morgan fingerprint density at radius 2 is 2.24 bits per heavy atom. The highest BCUT2D eigenvalue weighted by Gasteiger charge is 2.01. The van der Waals surface area contributed by atoms with Gasteiger partial charge in [0, 0.05) is 18.5 Å². The van der Waals surface area contributed by atoms with E-state index in [-0.39, 0.29) is 5.91 Å². The first-order chi connectivity index (χ1) is 8.13. The summed E-state index contributed by atoms with van der Waals surface area (Å²) in [7, 11) is 1.66. The van der Waals surface area contributed by atoms with Gasteiger partial charge < -0.3 is 4.74 Å². The molecule has 1 rings (SSSR count). The smallest absolute Gasteiger partial charge is 0.234 e. The molecule has 0 radical (unpaired) electrons. The van der Waals surface area contributed by atoms with Crippen molar-refractivity contribution in [2.75, 3.05) is 13.7 Å². The minimum absolute atomic E-state index is 0.0385. The Hall–Kier alpha value is -1.26. The molecule has 0 atom stereocenters. The van der Waals surface area contributed by atoms with Crippen LogP contribution in [0.2, 0.25) is 5.02 Å². The minimum atomic E-state index is -0.0385. The third-order valence-corrected chi connectivity index (χ3v) is 2.63. The van der Waals surface area contributed by atoms with Gasteiger partial charge in [-0.3, -0.25) is 10.2 Å². The lowest BCUT2D eigenvalue weighted by atomic mass is 10.2. The van der Waals surface area contributed by atoms with Crippen LogP contribution in [0.15, 0.2) is 18.2 Å². The molecule has 17 heavy (non-hydrogen) atoms. The van der Waals surface area contributed by atoms with Crippen molar-refractivity contribution < 1.29 is 9.53 Å². The average Bonchev–Trinajstić information content (AvgIpc) is 2.29. The number of rotatable bonds is 6. The largest absolute Gasteiger partial charge is 0.494 e. The highest BCUT2D eigenvalue weighted by Crippen LogP contribution is 2.21. The summed E-state index contributed by atoms with van der Waals surface area (Å²) in [5.74, 6) is 0.740. The summed E-state index contributed by atoms with van der Waals surface area (Å²) in [6.07, 6.45) is 1.11. The average molecular weight is 257 g/mol. The van der Waals surface area contributed by atoms with Crippen molar-refractivity contribution in [2.24, 2.45) is 0 Å². The molecule has 0 unspecified atom stereocenters. The van der Waals surface area contributed by atoms with Crippen LogP contribution >= 0.6 is 11.6 Å². The van der Waals surface area contributed by atoms with Gasteiger partial charge in [-0.25, -0.2) is 5.43 Å². The molecule has 4 nitrogen and oxygen atoms in total. The Bertz CT molecular complexity index is 383. The van der Waals surface area contributed by atoms with Crippen LogP contribution in [0.4, 0.5) is 0 Å². The predicted octanol–water partition coefficient (Wildman–Crippen LogP) is 2.06. The summed E-state index contributed by atoms with van der Waals surface area (Å²) < 4.78 is 5.51. The van der Waals surface area contributed by atoms with E-state index < -0.39 is 0 Å². The second-order valence-electron chi connectivity index (χ2n) is 3.66. The van der Waals surface area contributed by atoms with Crippen molar-refractivity contribution in [2.45, 2.75) is 19.8 Å². The number of hydrogen-bond acceptors (Lipinski definition) is 3. The standard InChI is InChI=1S/C12H17ClN2O2/c1-9-8-10(5-6-11(9)13)17-7-3-4-12(16)15-14-2/h5-6,8,14H,3-4,7H2,1-2H3,(H,15,16). The lowest BCUT2D eigenvalue weighted by molar-refractivity contribution is -0.122. The molecular formula is C12H17ClN2O2. The van der Waals surface area contributed by atoms with E-state index in [1.807, 2.05) is 19.1 Å². The number of carbonyl (C=O) groups excluding carboxylic acids is 1. The van der Waals surface area contributed by atoms with E-state index in [2.05, 4.69) is 10.9 Å². The summed E-state index contributed by atoms with van der Waals surface area (Å²) >= 11 is 5.90. The first-order valence-corrected chi connectivity index (χ1v) is 5.86. The Labute approximate surface area is 106 Å². The summed E-state index contributed by atoms with van der Waals surface area (Å²) in [5.41, 5.74) is 6.07. The maximum absolute atomic E-state index is 11.1. The van der Waals surface area contributed by atoms with Crippen molar-refractivity contribution in [3.8, 4) is 5.75 Å². The number of aryl methyl sites for hydroxylation is 1. The monoisotopic (exact) mass is 256 g/mol. The second-order valence-corrected chi connectivity index (χ2v) is 4.07. The van der Waals surface area contributed by atoms with Crippen LogP contribution in [0, 0.1) is 6.92 Å². The molecule has 0 aliphatic rings. The third kappa shape index (κ3) is 5.06. The number of benzene rings is 1. The zero-order valence-electron chi connectivity index (χ0n) is 10.0. The Morgan fingerprint density at radius 1 is 1.47 bits per heavy atom. The van der Waals surface area contributed by atoms with Crippen LogP contribution in [0.25, 0.3) is 0 Å². The van der Waals surface area contributed by atoms with Gasteiger partial charge in [0.2, 0.25) is 5.91 Å². The molecule has 0 aliphatic heterocycles. The summed E-state index contributed by atoms with van der Waals surface area (Å²) in [6, 6.07) is 5.51. The normalized spacial score (nSPS) is 10.1. The molecule has 0 bridgehead atoms. The van der Waals surface area contributed by atoms with E-state index >= 15 is 0 Å². The molecular weight excluding hydrogens is 240 g/mol. The zero-order valence-corrected chi connectivity index (χ0v) is 10.8. The third-order valence-electron chi connectivity index (χ3n) is 2.21. The fourth-order valence-electron chi connectivity index (χ4n) is 1.33. The quantitative estimate of drug-likeness (QED) is 0.605. The van der Waals surface area contributed by atoms with Crippen LogP contribution in [0.3, 0.4) is 0 Å². The lowest BCUT2D eigenvalue weighted by Crippen LogP contribution is -2.34. The van der Waals surface area contributed by atoms with Crippen LogP contribution in [0.5, 0.6) is 5.75 Å². The topological polar surface area (TPSA) is 50.4 Å². The molecule has 1 aromatic rings.